The van der Waals surface area contributed by atoms with Crippen molar-refractivity contribution in [3.63, 3.8) is 0 Å². The van der Waals surface area contributed by atoms with Gasteiger partial charge in [-0.3, -0.25) is 14.5 Å². The highest BCUT2D eigenvalue weighted by Gasteiger charge is 2.28. The number of fused-ring (bicyclic) bond motifs is 1. The third-order valence-electron chi connectivity index (χ3n) is 8.99. The monoisotopic (exact) mass is 800 g/mol. The zero-order valence-corrected chi connectivity index (χ0v) is 31.5. The molecule has 0 fully saturated rings. The topological polar surface area (TPSA) is 166 Å². The van der Waals surface area contributed by atoms with Crippen molar-refractivity contribution < 1.29 is 50.5 Å². The zero-order valence-electron chi connectivity index (χ0n) is 30.7. The Morgan fingerprint density at radius 3 is 2.14 bits per heavy atom. The number of aromatic nitrogens is 2. The number of sulfonamides is 1. The van der Waals surface area contributed by atoms with Crippen molar-refractivity contribution in [2.24, 2.45) is 0 Å². The first-order chi connectivity index (χ1) is 27.3. The van der Waals surface area contributed by atoms with Crippen LogP contribution in [0.5, 0.6) is 11.5 Å². The van der Waals surface area contributed by atoms with Gasteiger partial charge in [-0.25, -0.2) is 27.0 Å². The summed E-state index contributed by atoms with van der Waals surface area (Å²) >= 11 is 0. The van der Waals surface area contributed by atoms with Crippen molar-refractivity contribution >= 4 is 38.4 Å². The van der Waals surface area contributed by atoms with E-state index in [0.29, 0.717) is 75.4 Å². The molecule has 4 aromatic carbocycles. The Morgan fingerprint density at radius 1 is 0.842 bits per heavy atom. The summed E-state index contributed by atoms with van der Waals surface area (Å²) in [5.41, 5.74) is 1.86. The number of halogens is 3. The van der Waals surface area contributed by atoms with Crippen LogP contribution in [0.25, 0.3) is 33.0 Å². The van der Waals surface area contributed by atoms with Gasteiger partial charge in [0.05, 0.1) is 37.0 Å². The highest BCUT2D eigenvalue weighted by Crippen LogP contribution is 2.43. The summed E-state index contributed by atoms with van der Waals surface area (Å²) in [4.78, 5) is 33.2. The van der Waals surface area contributed by atoms with Gasteiger partial charge in [0.15, 0.2) is 0 Å². The molecule has 0 aliphatic rings. The number of aliphatic carboxylic acids is 1. The number of amides is 1. The molecule has 2 aromatic heterocycles. The number of nitrogens with zero attached hydrogens (tertiary/aromatic N) is 2. The van der Waals surface area contributed by atoms with E-state index in [9.17, 15) is 27.5 Å². The minimum Gasteiger partial charge on any atom is -0.496 e. The number of rotatable bonds is 15. The number of pyridine rings is 2. The third-order valence-corrected chi connectivity index (χ3v) is 10.4. The highest BCUT2D eigenvalue weighted by atomic mass is 32.2. The van der Waals surface area contributed by atoms with Crippen LogP contribution in [-0.4, -0.2) is 62.2 Å². The van der Waals surface area contributed by atoms with Gasteiger partial charge in [0.2, 0.25) is 5.95 Å². The van der Waals surface area contributed by atoms with Gasteiger partial charge in [-0.1, -0.05) is 24.3 Å². The quantitative estimate of drug-likeness (QED) is 0.0908. The second kappa shape index (κ2) is 17.1. The molecule has 1 amide bonds. The SMILES string of the molecule is CCOCc1cc(OC)c(-c2ccc(C[C@@H](NC(=O)c3c(F)cc(NS(=O)(=O)c4ccc(-c5ccnc(F)c5)cc4)cc3F)C(=O)O)c3ccncc23)c(OC)c1. The first-order valence-electron chi connectivity index (χ1n) is 17.3. The van der Waals surface area contributed by atoms with Gasteiger partial charge in [-0.15, -0.1) is 0 Å². The number of carboxylic acids is 1. The predicted molar refractivity (Wildman–Crippen MR) is 205 cm³/mol. The number of nitrogens with one attached hydrogen (secondary N) is 2. The zero-order chi connectivity index (χ0) is 40.9. The van der Waals surface area contributed by atoms with Crippen LogP contribution < -0.4 is 19.5 Å². The van der Waals surface area contributed by atoms with Crippen LogP contribution >= 0.6 is 0 Å². The maximum absolute atomic E-state index is 15.4. The fourth-order valence-electron chi connectivity index (χ4n) is 6.31. The van der Waals surface area contributed by atoms with Crippen molar-refractivity contribution in [3.05, 3.63) is 132 Å². The number of methoxy groups -OCH3 is 2. The second-order valence-corrected chi connectivity index (χ2v) is 14.3. The van der Waals surface area contributed by atoms with Gasteiger partial charge >= 0.3 is 5.97 Å². The van der Waals surface area contributed by atoms with E-state index in [4.69, 9.17) is 14.2 Å². The van der Waals surface area contributed by atoms with Crippen LogP contribution in [0.1, 0.15) is 28.4 Å². The Balaban J connectivity index is 1.23. The molecule has 0 aliphatic heterocycles. The number of carboxylic acid groups (broad SMARTS) is 1. The molecule has 16 heteroatoms. The van der Waals surface area contributed by atoms with Crippen molar-refractivity contribution in [1.29, 1.82) is 0 Å². The van der Waals surface area contributed by atoms with Crippen LogP contribution in [0, 0.1) is 17.6 Å². The molecule has 0 spiro atoms. The molecular formula is C41H35F3N4O8S. The lowest BCUT2D eigenvalue weighted by Gasteiger charge is -2.20. The van der Waals surface area contributed by atoms with E-state index in [2.05, 4.69) is 20.0 Å². The van der Waals surface area contributed by atoms with Crippen LogP contribution in [0.3, 0.4) is 0 Å². The summed E-state index contributed by atoms with van der Waals surface area (Å²) in [6.07, 6.45) is 4.07. The number of carbonyl (C=O) groups is 2. The summed E-state index contributed by atoms with van der Waals surface area (Å²) in [5, 5.41) is 13.5. The van der Waals surface area contributed by atoms with E-state index in [1.54, 1.807) is 24.4 Å². The van der Waals surface area contributed by atoms with Gasteiger partial charge in [0.1, 0.15) is 34.7 Å². The van der Waals surface area contributed by atoms with E-state index in [1.165, 1.54) is 63.0 Å². The number of carbonyl (C=O) groups excluding carboxylic acids is 1. The van der Waals surface area contributed by atoms with Crippen molar-refractivity contribution in [1.82, 2.24) is 15.3 Å². The maximum atomic E-state index is 15.4. The molecule has 6 rings (SSSR count). The summed E-state index contributed by atoms with van der Waals surface area (Å²) in [6.45, 7) is 2.73. The Bertz CT molecular complexity index is 2540. The van der Waals surface area contributed by atoms with E-state index < -0.39 is 56.8 Å². The van der Waals surface area contributed by atoms with E-state index >= 15 is 8.78 Å². The highest BCUT2D eigenvalue weighted by molar-refractivity contribution is 7.92. The molecule has 57 heavy (non-hydrogen) atoms. The largest absolute Gasteiger partial charge is 0.496 e. The first kappa shape index (κ1) is 40.2. The average Bonchev–Trinajstić information content (AvgIpc) is 3.19. The number of hydrogen-bond acceptors (Lipinski definition) is 9. The van der Waals surface area contributed by atoms with Crippen molar-refractivity contribution in [2.75, 3.05) is 25.5 Å². The third kappa shape index (κ3) is 8.82. The standard InChI is InChI=1S/C41H35F3N4O8S/c1-4-56-22-23-15-35(54-2)38(36(16-23)55-3)30-10-7-26(29-12-13-45-21-31(29)30)17-34(41(50)51)47-40(49)39-32(42)19-27(20-33(39)43)48-57(52,53)28-8-5-24(6-9-28)25-11-14-46-37(44)18-25/h5-16,18-21,34,48H,4,17,22H2,1-3H3,(H,47,49)(H,50,51)/t34-/m1/s1. The Hall–Kier alpha value is -6.52. The van der Waals surface area contributed by atoms with Gasteiger partial charge in [0, 0.05) is 43.1 Å². The first-order valence-corrected chi connectivity index (χ1v) is 18.8. The van der Waals surface area contributed by atoms with Gasteiger partial charge in [0.25, 0.3) is 15.9 Å². The molecule has 294 valence electrons. The molecule has 2 heterocycles. The summed E-state index contributed by atoms with van der Waals surface area (Å²) in [5.74, 6) is -5.47. The average molecular weight is 801 g/mol. The Kier molecular flexibility index (Phi) is 12.0. The van der Waals surface area contributed by atoms with Gasteiger partial charge in [-0.2, -0.15) is 4.39 Å². The van der Waals surface area contributed by atoms with E-state index in [1.807, 2.05) is 19.1 Å². The van der Waals surface area contributed by atoms with Crippen LogP contribution in [0.2, 0.25) is 0 Å². The number of benzene rings is 4. The molecule has 0 saturated heterocycles. The van der Waals surface area contributed by atoms with E-state index in [-0.39, 0.29) is 11.3 Å². The predicted octanol–water partition coefficient (Wildman–Crippen LogP) is 7.16. The fraction of sp³-hybridized carbons (Fsp3) is 0.171. The van der Waals surface area contributed by atoms with Gasteiger partial charge in [-0.05, 0) is 88.7 Å². The minimum absolute atomic E-state index is 0.266. The second-order valence-electron chi connectivity index (χ2n) is 12.6. The molecule has 1 atom stereocenters. The van der Waals surface area contributed by atoms with Crippen molar-refractivity contribution in [3.8, 4) is 33.8 Å². The summed E-state index contributed by atoms with van der Waals surface area (Å²) in [7, 11) is -1.34. The molecule has 3 N–H and O–H groups in total. The number of hydrogen-bond donors (Lipinski definition) is 3. The summed E-state index contributed by atoms with van der Waals surface area (Å²) in [6, 6.07) is 16.3. The maximum Gasteiger partial charge on any atom is 0.326 e. The molecule has 0 unspecified atom stereocenters. The van der Waals surface area contributed by atoms with Gasteiger partial charge < -0.3 is 24.6 Å². The summed E-state index contributed by atoms with van der Waals surface area (Å²) < 4.78 is 89.5. The molecule has 0 bridgehead atoms. The molecule has 12 nitrogen and oxygen atoms in total. The Morgan fingerprint density at radius 2 is 1.53 bits per heavy atom. The smallest absolute Gasteiger partial charge is 0.326 e. The fourth-order valence-corrected chi connectivity index (χ4v) is 7.35. The lowest BCUT2D eigenvalue weighted by atomic mass is 9.92. The molecule has 0 radical (unpaired) electrons. The lowest BCUT2D eigenvalue weighted by molar-refractivity contribution is -0.139. The van der Waals surface area contributed by atoms with Crippen LogP contribution in [0.15, 0.2) is 102 Å². The number of ether oxygens (including phenoxy) is 3. The number of anilines is 1. The normalized spacial score (nSPS) is 11.9. The minimum atomic E-state index is -4.38. The molecule has 0 saturated carbocycles. The van der Waals surface area contributed by atoms with Crippen LogP contribution in [0.4, 0.5) is 18.9 Å². The molecular weight excluding hydrogens is 766 g/mol. The van der Waals surface area contributed by atoms with Crippen LogP contribution in [-0.2, 0) is 32.6 Å². The Labute approximate surface area is 325 Å². The van der Waals surface area contributed by atoms with Crippen molar-refractivity contribution in [2.45, 2.75) is 30.9 Å². The lowest BCUT2D eigenvalue weighted by Crippen LogP contribution is -2.43. The molecule has 0 aliphatic carbocycles. The molecule has 6 aromatic rings. The van der Waals surface area contributed by atoms with E-state index in [0.717, 1.165) is 5.56 Å².